The maximum atomic E-state index is 11.3. The molecule has 1 unspecified atom stereocenters. The van der Waals surface area contributed by atoms with E-state index in [1.54, 1.807) is 0 Å². The van der Waals surface area contributed by atoms with Gasteiger partial charge in [-0.05, 0) is 26.2 Å². The van der Waals surface area contributed by atoms with Crippen LogP contribution in [0.15, 0.2) is 0 Å². The van der Waals surface area contributed by atoms with E-state index in [4.69, 9.17) is 4.74 Å². The summed E-state index contributed by atoms with van der Waals surface area (Å²) in [6.07, 6.45) is 2.03. The molecular weight excluding hydrogens is 184 g/mol. The van der Waals surface area contributed by atoms with Gasteiger partial charge in [0.25, 0.3) is 0 Å². The first-order valence-electron chi connectivity index (χ1n) is 4.81. The Morgan fingerprint density at radius 2 is 2.14 bits per heavy atom. The molecule has 0 radical (unpaired) electrons. The number of carbonyl (C=O) groups excluding carboxylic acids is 3. The van der Waals surface area contributed by atoms with E-state index >= 15 is 0 Å². The molecule has 14 heavy (non-hydrogen) atoms. The van der Waals surface area contributed by atoms with Gasteiger partial charge in [0.15, 0.2) is 11.9 Å². The minimum Gasteiger partial charge on any atom is -0.454 e. The van der Waals surface area contributed by atoms with Gasteiger partial charge in [-0.15, -0.1) is 0 Å². The van der Waals surface area contributed by atoms with Gasteiger partial charge in [0.05, 0.1) is 0 Å². The normalized spacial score (nSPS) is 21.8. The quantitative estimate of drug-likeness (QED) is 0.501. The van der Waals surface area contributed by atoms with Crippen LogP contribution in [0.25, 0.3) is 0 Å². The van der Waals surface area contributed by atoms with E-state index in [0.717, 1.165) is 12.8 Å². The summed E-state index contributed by atoms with van der Waals surface area (Å²) in [6.45, 7) is 1.32. The Bertz CT molecular complexity index is 257. The van der Waals surface area contributed by atoms with Crippen molar-refractivity contribution in [1.29, 1.82) is 0 Å². The molecule has 0 bridgehead atoms. The Kier molecular flexibility index (Phi) is 3.80. The highest BCUT2D eigenvalue weighted by Crippen LogP contribution is 2.17. The molecule has 1 aliphatic carbocycles. The molecule has 1 saturated carbocycles. The number of esters is 1. The van der Waals surface area contributed by atoms with Crippen LogP contribution in [0.1, 0.15) is 39.0 Å². The molecule has 0 aliphatic heterocycles. The second-order valence-electron chi connectivity index (χ2n) is 3.57. The first-order chi connectivity index (χ1) is 6.59. The summed E-state index contributed by atoms with van der Waals surface area (Å²) in [4.78, 5) is 32.9. The number of carbonyl (C=O) groups is 3. The van der Waals surface area contributed by atoms with Crippen LogP contribution >= 0.6 is 0 Å². The summed E-state index contributed by atoms with van der Waals surface area (Å²) in [7, 11) is 0. The lowest BCUT2D eigenvalue weighted by atomic mass is 9.96. The predicted octanol–water partition coefficient (Wildman–Crippen LogP) is 1.02. The maximum absolute atomic E-state index is 11.3. The molecule has 0 heterocycles. The van der Waals surface area contributed by atoms with Crippen LogP contribution in [-0.4, -0.2) is 23.6 Å². The molecule has 4 heteroatoms. The van der Waals surface area contributed by atoms with Gasteiger partial charge in [-0.1, -0.05) is 0 Å². The minimum absolute atomic E-state index is 0.0202. The third kappa shape index (κ3) is 3.28. The van der Waals surface area contributed by atoms with Gasteiger partial charge in [-0.3, -0.25) is 14.4 Å². The molecular formula is C10H14O4. The molecule has 0 saturated heterocycles. The highest BCUT2D eigenvalue weighted by molar-refractivity contribution is 5.95. The van der Waals surface area contributed by atoms with Gasteiger partial charge in [0.2, 0.25) is 0 Å². The number of ether oxygens (including phenoxy) is 1. The molecule has 0 spiro atoms. The fraction of sp³-hybridized carbons (Fsp3) is 0.700. The first-order valence-corrected chi connectivity index (χ1v) is 4.81. The highest BCUT2D eigenvalue weighted by Gasteiger charge is 2.25. The first kappa shape index (κ1) is 10.9. The van der Waals surface area contributed by atoms with Crippen LogP contribution in [0, 0.1) is 0 Å². The molecule has 0 aromatic heterocycles. The zero-order valence-corrected chi connectivity index (χ0v) is 8.25. The van der Waals surface area contributed by atoms with E-state index < -0.39 is 12.1 Å². The Hall–Kier alpha value is -1.19. The van der Waals surface area contributed by atoms with Crippen LogP contribution in [0.5, 0.6) is 0 Å². The van der Waals surface area contributed by atoms with E-state index in [2.05, 4.69) is 0 Å². The van der Waals surface area contributed by atoms with Gasteiger partial charge >= 0.3 is 5.97 Å². The third-order valence-corrected chi connectivity index (χ3v) is 2.17. The Morgan fingerprint density at radius 1 is 1.43 bits per heavy atom. The largest absolute Gasteiger partial charge is 0.454 e. The van der Waals surface area contributed by atoms with Crippen LogP contribution in [-0.2, 0) is 19.1 Å². The number of hydrogen-bond donors (Lipinski definition) is 0. The van der Waals surface area contributed by atoms with Crippen molar-refractivity contribution in [2.75, 3.05) is 0 Å². The average molecular weight is 198 g/mol. The SMILES string of the molecule is CC(=O)CC(=O)OC1CCCCC1=O. The second-order valence-corrected chi connectivity index (χ2v) is 3.57. The van der Waals surface area contributed by atoms with E-state index in [1.165, 1.54) is 6.92 Å². The van der Waals surface area contributed by atoms with Crippen molar-refractivity contribution in [3.05, 3.63) is 0 Å². The Morgan fingerprint density at radius 3 is 2.71 bits per heavy atom. The van der Waals surface area contributed by atoms with Crippen LogP contribution in [0.3, 0.4) is 0 Å². The van der Waals surface area contributed by atoms with Crippen LogP contribution in [0.2, 0.25) is 0 Å². The predicted molar refractivity (Wildman–Crippen MR) is 48.7 cm³/mol. The summed E-state index contributed by atoms with van der Waals surface area (Å²) in [5.41, 5.74) is 0. The molecule has 0 aromatic carbocycles. The van der Waals surface area contributed by atoms with Gasteiger partial charge in [-0.2, -0.15) is 0 Å². The molecule has 1 fully saturated rings. The number of rotatable bonds is 3. The molecule has 1 atom stereocenters. The van der Waals surface area contributed by atoms with Gasteiger partial charge < -0.3 is 4.74 Å². The zero-order chi connectivity index (χ0) is 10.6. The lowest BCUT2D eigenvalue weighted by Crippen LogP contribution is -2.30. The van der Waals surface area contributed by atoms with Crippen molar-refractivity contribution >= 4 is 17.5 Å². The maximum Gasteiger partial charge on any atom is 0.314 e. The van der Waals surface area contributed by atoms with Crippen molar-refractivity contribution in [3.8, 4) is 0 Å². The summed E-state index contributed by atoms with van der Waals surface area (Å²) in [6, 6.07) is 0. The van der Waals surface area contributed by atoms with E-state index in [1.807, 2.05) is 0 Å². The lowest BCUT2D eigenvalue weighted by molar-refractivity contribution is -0.157. The van der Waals surface area contributed by atoms with E-state index in [0.29, 0.717) is 12.8 Å². The van der Waals surface area contributed by atoms with Crippen molar-refractivity contribution in [2.24, 2.45) is 0 Å². The fourth-order valence-corrected chi connectivity index (χ4v) is 1.48. The highest BCUT2D eigenvalue weighted by atomic mass is 16.5. The summed E-state index contributed by atoms with van der Waals surface area (Å²) in [5.74, 6) is -0.843. The molecule has 0 N–H and O–H groups in total. The molecule has 0 amide bonds. The smallest absolute Gasteiger partial charge is 0.314 e. The minimum atomic E-state index is -0.601. The molecule has 78 valence electrons. The second kappa shape index (κ2) is 4.88. The Balaban J connectivity index is 2.38. The Labute approximate surface area is 82.6 Å². The fourth-order valence-electron chi connectivity index (χ4n) is 1.48. The molecule has 0 aromatic rings. The van der Waals surface area contributed by atoms with Crippen molar-refractivity contribution in [3.63, 3.8) is 0 Å². The summed E-state index contributed by atoms with van der Waals surface area (Å²) >= 11 is 0. The van der Waals surface area contributed by atoms with Gasteiger partial charge in [-0.25, -0.2) is 0 Å². The van der Waals surface area contributed by atoms with Crippen LogP contribution < -0.4 is 0 Å². The summed E-state index contributed by atoms with van der Waals surface area (Å²) < 4.78 is 4.91. The zero-order valence-electron chi connectivity index (χ0n) is 8.25. The average Bonchev–Trinajstić information content (AvgIpc) is 2.07. The van der Waals surface area contributed by atoms with Gasteiger partial charge in [0.1, 0.15) is 12.2 Å². The molecule has 1 rings (SSSR count). The number of Topliss-reactive ketones (excluding diaryl/α,β-unsaturated/α-hetero) is 2. The monoisotopic (exact) mass is 198 g/mol. The number of ketones is 2. The lowest BCUT2D eigenvalue weighted by Gasteiger charge is -2.20. The van der Waals surface area contributed by atoms with Crippen molar-refractivity contribution < 1.29 is 19.1 Å². The third-order valence-electron chi connectivity index (χ3n) is 2.17. The van der Waals surface area contributed by atoms with Crippen LogP contribution in [0.4, 0.5) is 0 Å². The summed E-state index contributed by atoms with van der Waals surface area (Å²) in [5, 5.41) is 0. The number of hydrogen-bond acceptors (Lipinski definition) is 4. The molecule has 1 aliphatic rings. The standard InChI is InChI=1S/C10H14O4/c1-7(11)6-10(13)14-9-5-3-2-4-8(9)12/h9H,2-6H2,1H3. The van der Waals surface area contributed by atoms with Crippen molar-refractivity contribution in [1.82, 2.24) is 0 Å². The van der Waals surface area contributed by atoms with E-state index in [-0.39, 0.29) is 18.0 Å². The van der Waals surface area contributed by atoms with Gasteiger partial charge in [0, 0.05) is 6.42 Å². The topological polar surface area (TPSA) is 60.4 Å². The molecule has 4 nitrogen and oxygen atoms in total. The van der Waals surface area contributed by atoms with Crippen molar-refractivity contribution in [2.45, 2.75) is 45.1 Å². The van der Waals surface area contributed by atoms with E-state index in [9.17, 15) is 14.4 Å².